The Kier molecular flexibility index (Phi) is 5.40. The molecule has 0 saturated heterocycles. The molecule has 6 heteroatoms. The maximum atomic E-state index is 12.7. The molecule has 0 atom stereocenters. The van der Waals surface area contributed by atoms with Gasteiger partial charge in [-0.25, -0.2) is 9.67 Å². The quantitative estimate of drug-likeness (QED) is 0.520. The summed E-state index contributed by atoms with van der Waals surface area (Å²) < 4.78 is 1.67. The second kappa shape index (κ2) is 8.29. The summed E-state index contributed by atoms with van der Waals surface area (Å²) >= 11 is 6.16. The Labute approximate surface area is 174 Å². The normalized spacial score (nSPS) is 10.7. The van der Waals surface area contributed by atoms with Gasteiger partial charge in [-0.05, 0) is 36.8 Å². The zero-order valence-electron chi connectivity index (χ0n) is 15.8. The van der Waals surface area contributed by atoms with Crippen LogP contribution in [0.4, 0.5) is 0 Å². The maximum absolute atomic E-state index is 12.7. The van der Waals surface area contributed by atoms with E-state index in [-0.39, 0.29) is 11.7 Å². The van der Waals surface area contributed by atoms with Crippen molar-refractivity contribution in [1.29, 1.82) is 0 Å². The standard InChI is InChI=1S/C23H19ClN4O/c1-16-10-12-20(13-11-16)28-22(18-8-5-9-19(24)14-18)26-21(27-28)23(29)25-15-17-6-3-2-4-7-17/h2-14H,15H2,1H3,(H,25,29). The fourth-order valence-electron chi connectivity index (χ4n) is 2.95. The van der Waals surface area contributed by atoms with Crippen molar-refractivity contribution in [3.05, 3.63) is 101 Å². The van der Waals surface area contributed by atoms with Crippen LogP contribution in [0.1, 0.15) is 21.7 Å². The maximum Gasteiger partial charge on any atom is 0.291 e. The summed E-state index contributed by atoms with van der Waals surface area (Å²) in [4.78, 5) is 17.2. The molecule has 0 radical (unpaired) electrons. The number of aromatic nitrogens is 3. The van der Waals surface area contributed by atoms with Gasteiger partial charge in [0.05, 0.1) is 5.69 Å². The van der Waals surface area contributed by atoms with E-state index >= 15 is 0 Å². The minimum absolute atomic E-state index is 0.108. The topological polar surface area (TPSA) is 59.8 Å². The fourth-order valence-corrected chi connectivity index (χ4v) is 3.14. The van der Waals surface area contributed by atoms with E-state index in [1.807, 2.05) is 79.7 Å². The van der Waals surface area contributed by atoms with Crippen LogP contribution in [0.5, 0.6) is 0 Å². The molecule has 3 aromatic carbocycles. The second-order valence-corrected chi connectivity index (χ2v) is 7.12. The predicted octanol–water partition coefficient (Wildman–Crippen LogP) is 4.83. The molecule has 1 heterocycles. The Morgan fingerprint density at radius 2 is 1.76 bits per heavy atom. The van der Waals surface area contributed by atoms with Crippen LogP contribution in [0, 0.1) is 6.92 Å². The van der Waals surface area contributed by atoms with Gasteiger partial charge in [-0.1, -0.05) is 71.8 Å². The molecule has 4 aromatic rings. The molecule has 0 spiro atoms. The zero-order chi connectivity index (χ0) is 20.2. The minimum Gasteiger partial charge on any atom is -0.345 e. The van der Waals surface area contributed by atoms with Gasteiger partial charge >= 0.3 is 0 Å². The van der Waals surface area contributed by atoms with E-state index in [0.717, 1.165) is 22.4 Å². The van der Waals surface area contributed by atoms with Crippen molar-refractivity contribution < 1.29 is 4.79 Å². The van der Waals surface area contributed by atoms with E-state index in [9.17, 15) is 4.79 Å². The lowest BCUT2D eigenvalue weighted by atomic mass is 10.2. The Bertz CT molecular complexity index is 1140. The number of halogens is 1. The number of rotatable bonds is 5. The van der Waals surface area contributed by atoms with Crippen LogP contribution in [-0.2, 0) is 6.54 Å². The van der Waals surface area contributed by atoms with E-state index in [0.29, 0.717) is 17.4 Å². The molecule has 1 N–H and O–H groups in total. The SMILES string of the molecule is Cc1ccc(-n2nc(C(=O)NCc3ccccc3)nc2-c2cccc(Cl)c2)cc1. The number of hydrogen-bond donors (Lipinski definition) is 1. The zero-order valence-corrected chi connectivity index (χ0v) is 16.6. The number of carbonyl (C=O) groups excluding carboxylic acids is 1. The molecule has 5 nitrogen and oxygen atoms in total. The highest BCUT2D eigenvalue weighted by Gasteiger charge is 2.19. The van der Waals surface area contributed by atoms with E-state index in [4.69, 9.17) is 11.6 Å². The van der Waals surface area contributed by atoms with Crippen molar-refractivity contribution in [3.8, 4) is 17.1 Å². The molecule has 1 aromatic heterocycles. The highest BCUT2D eigenvalue weighted by molar-refractivity contribution is 6.30. The third-order valence-electron chi connectivity index (χ3n) is 4.47. The molecule has 0 aliphatic heterocycles. The van der Waals surface area contributed by atoms with Crippen LogP contribution in [0.15, 0.2) is 78.9 Å². The lowest BCUT2D eigenvalue weighted by Crippen LogP contribution is -2.24. The Morgan fingerprint density at radius 1 is 1.00 bits per heavy atom. The second-order valence-electron chi connectivity index (χ2n) is 6.68. The average molecular weight is 403 g/mol. The van der Waals surface area contributed by atoms with E-state index in [1.54, 1.807) is 10.7 Å². The van der Waals surface area contributed by atoms with Gasteiger partial charge in [0.25, 0.3) is 5.91 Å². The molecular weight excluding hydrogens is 384 g/mol. The molecule has 0 aliphatic carbocycles. The third-order valence-corrected chi connectivity index (χ3v) is 4.70. The van der Waals surface area contributed by atoms with Gasteiger partial charge in [0.15, 0.2) is 5.82 Å². The van der Waals surface area contributed by atoms with Crippen LogP contribution in [0.3, 0.4) is 0 Å². The highest BCUT2D eigenvalue weighted by atomic mass is 35.5. The first-order valence-electron chi connectivity index (χ1n) is 9.22. The molecule has 29 heavy (non-hydrogen) atoms. The van der Waals surface area contributed by atoms with Crippen molar-refractivity contribution in [3.63, 3.8) is 0 Å². The summed E-state index contributed by atoms with van der Waals surface area (Å²) in [6, 6.07) is 24.9. The predicted molar refractivity (Wildman–Crippen MR) is 114 cm³/mol. The molecule has 1 amide bonds. The van der Waals surface area contributed by atoms with Gasteiger partial charge in [-0.2, -0.15) is 0 Å². The van der Waals surface area contributed by atoms with Crippen LogP contribution in [0.2, 0.25) is 5.02 Å². The van der Waals surface area contributed by atoms with Gasteiger partial charge in [0.1, 0.15) is 0 Å². The summed E-state index contributed by atoms with van der Waals surface area (Å²) in [5.74, 6) is 0.334. The van der Waals surface area contributed by atoms with E-state index < -0.39 is 0 Å². The molecule has 4 rings (SSSR count). The summed E-state index contributed by atoms with van der Waals surface area (Å²) in [7, 11) is 0. The summed E-state index contributed by atoms with van der Waals surface area (Å²) in [6.07, 6.45) is 0. The molecule has 0 unspecified atom stereocenters. The van der Waals surface area contributed by atoms with Gasteiger partial charge in [-0.3, -0.25) is 4.79 Å². The first-order valence-corrected chi connectivity index (χ1v) is 9.60. The minimum atomic E-state index is -0.331. The number of hydrogen-bond acceptors (Lipinski definition) is 3. The van der Waals surface area contributed by atoms with E-state index in [2.05, 4.69) is 15.4 Å². The van der Waals surface area contributed by atoms with Crippen molar-refractivity contribution in [2.24, 2.45) is 0 Å². The third kappa shape index (κ3) is 4.36. The molecule has 0 aliphatic rings. The van der Waals surface area contributed by atoms with Crippen LogP contribution >= 0.6 is 11.6 Å². The van der Waals surface area contributed by atoms with Crippen molar-refractivity contribution in [2.75, 3.05) is 0 Å². The molecular formula is C23H19ClN4O. The van der Waals surface area contributed by atoms with Crippen LogP contribution in [0.25, 0.3) is 17.1 Å². The molecule has 0 saturated carbocycles. The Balaban J connectivity index is 1.69. The fraction of sp³-hybridized carbons (Fsp3) is 0.0870. The lowest BCUT2D eigenvalue weighted by molar-refractivity contribution is 0.0940. The first-order chi connectivity index (χ1) is 14.1. The Morgan fingerprint density at radius 3 is 2.48 bits per heavy atom. The number of benzene rings is 3. The number of amides is 1. The summed E-state index contributed by atoms with van der Waals surface area (Å²) in [6.45, 7) is 2.43. The molecule has 144 valence electrons. The van der Waals surface area contributed by atoms with Gasteiger partial charge in [-0.15, -0.1) is 5.10 Å². The van der Waals surface area contributed by atoms with Crippen molar-refractivity contribution in [1.82, 2.24) is 20.1 Å². The summed E-state index contributed by atoms with van der Waals surface area (Å²) in [5.41, 5.74) is 3.75. The van der Waals surface area contributed by atoms with Gasteiger partial charge < -0.3 is 5.32 Å². The van der Waals surface area contributed by atoms with Gasteiger partial charge in [0, 0.05) is 17.1 Å². The van der Waals surface area contributed by atoms with Crippen LogP contribution in [-0.4, -0.2) is 20.7 Å². The Hall–Kier alpha value is -3.44. The molecule has 0 bridgehead atoms. The monoisotopic (exact) mass is 402 g/mol. The number of nitrogens with one attached hydrogen (secondary N) is 1. The number of carbonyl (C=O) groups is 1. The van der Waals surface area contributed by atoms with Gasteiger partial charge in [0.2, 0.25) is 5.82 Å². The van der Waals surface area contributed by atoms with Crippen molar-refractivity contribution >= 4 is 17.5 Å². The molecule has 0 fully saturated rings. The summed E-state index contributed by atoms with van der Waals surface area (Å²) in [5, 5.41) is 7.95. The average Bonchev–Trinajstić information content (AvgIpc) is 3.19. The van der Waals surface area contributed by atoms with E-state index in [1.165, 1.54) is 0 Å². The van der Waals surface area contributed by atoms with Crippen LogP contribution < -0.4 is 5.32 Å². The highest BCUT2D eigenvalue weighted by Crippen LogP contribution is 2.24. The number of nitrogens with zero attached hydrogens (tertiary/aromatic N) is 3. The number of aryl methyl sites for hydroxylation is 1. The largest absolute Gasteiger partial charge is 0.345 e. The lowest BCUT2D eigenvalue weighted by Gasteiger charge is -2.06. The van der Waals surface area contributed by atoms with Crippen molar-refractivity contribution in [2.45, 2.75) is 13.5 Å². The first kappa shape index (κ1) is 18.9. The smallest absolute Gasteiger partial charge is 0.291 e.